The van der Waals surface area contributed by atoms with Crippen LogP contribution >= 0.6 is 0 Å². The molecule has 0 bridgehead atoms. The maximum atomic E-state index is 11.7. The highest BCUT2D eigenvalue weighted by Crippen LogP contribution is 2.19. The number of ether oxygens (including phenoxy) is 2. The summed E-state index contributed by atoms with van der Waals surface area (Å²) in [5.74, 6) is 0.123. The van der Waals surface area contributed by atoms with Gasteiger partial charge >= 0.3 is 12.1 Å². The fourth-order valence-electron chi connectivity index (χ4n) is 1.89. The average molecular weight is 257 g/mol. The molecule has 1 fully saturated rings. The number of hydrogen-bond acceptors (Lipinski definition) is 4. The number of likely N-dealkylation sites (tertiary alicyclic amines) is 1. The van der Waals surface area contributed by atoms with Crippen LogP contribution in [0.15, 0.2) is 0 Å². The highest BCUT2D eigenvalue weighted by Gasteiger charge is 2.28. The summed E-state index contributed by atoms with van der Waals surface area (Å²) in [4.78, 5) is 24.9. The summed E-state index contributed by atoms with van der Waals surface area (Å²) in [6.45, 7) is 7.80. The van der Waals surface area contributed by atoms with E-state index in [-0.39, 0.29) is 18.0 Å². The molecule has 0 radical (unpaired) electrons. The number of piperidine rings is 1. The average Bonchev–Trinajstić information content (AvgIpc) is 2.36. The normalized spacial score (nSPS) is 16.8. The van der Waals surface area contributed by atoms with Gasteiger partial charge < -0.3 is 14.4 Å². The quantitative estimate of drug-likeness (QED) is 0.723. The minimum Gasteiger partial charge on any atom is -0.466 e. The second kappa shape index (κ2) is 7.24. The molecule has 0 aromatic heterocycles. The van der Waals surface area contributed by atoms with Crippen molar-refractivity contribution in [2.45, 2.75) is 33.6 Å². The van der Waals surface area contributed by atoms with Crippen LogP contribution < -0.4 is 0 Å². The Hall–Kier alpha value is -1.26. The molecule has 104 valence electrons. The lowest BCUT2D eigenvalue weighted by Gasteiger charge is -2.30. The Morgan fingerprint density at radius 3 is 2.33 bits per heavy atom. The standard InChI is InChI=1S/C13H23NO4/c1-4-17-12(15)11-5-7-14(8-6-11)13(16)18-9-10(2)3/h10-11H,4-9H2,1-3H3. The summed E-state index contributed by atoms with van der Waals surface area (Å²) >= 11 is 0. The van der Waals surface area contributed by atoms with Crippen molar-refractivity contribution in [2.24, 2.45) is 11.8 Å². The number of carbonyl (C=O) groups is 2. The van der Waals surface area contributed by atoms with Crippen molar-refractivity contribution in [3.05, 3.63) is 0 Å². The molecule has 5 nitrogen and oxygen atoms in total. The van der Waals surface area contributed by atoms with Gasteiger partial charge in [0.2, 0.25) is 0 Å². The number of rotatable bonds is 4. The second-order valence-corrected chi connectivity index (χ2v) is 4.98. The first kappa shape index (κ1) is 14.8. The predicted molar refractivity (Wildman–Crippen MR) is 67.1 cm³/mol. The van der Waals surface area contributed by atoms with Crippen molar-refractivity contribution in [3.63, 3.8) is 0 Å². The molecular formula is C13H23NO4. The van der Waals surface area contributed by atoms with Gasteiger partial charge in [0.05, 0.1) is 19.1 Å². The van der Waals surface area contributed by atoms with Gasteiger partial charge in [0, 0.05) is 13.1 Å². The Labute approximate surface area is 108 Å². The van der Waals surface area contributed by atoms with Gasteiger partial charge in [0.1, 0.15) is 0 Å². The number of hydrogen-bond donors (Lipinski definition) is 0. The molecule has 5 heteroatoms. The molecule has 1 aliphatic heterocycles. The molecule has 0 aromatic carbocycles. The Morgan fingerprint density at radius 2 is 1.83 bits per heavy atom. The van der Waals surface area contributed by atoms with Crippen LogP contribution in [0.25, 0.3) is 0 Å². The zero-order valence-corrected chi connectivity index (χ0v) is 11.5. The molecule has 0 spiro atoms. The molecule has 0 atom stereocenters. The Balaban J connectivity index is 2.30. The van der Waals surface area contributed by atoms with Crippen LogP contribution in [0.2, 0.25) is 0 Å². The molecule has 1 saturated heterocycles. The molecule has 0 saturated carbocycles. The zero-order chi connectivity index (χ0) is 13.5. The van der Waals surface area contributed by atoms with E-state index < -0.39 is 0 Å². The van der Waals surface area contributed by atoms with Crippen molar-refractivity contribution in [2.75, 3.05) is 26.3 Å². The number of nitrogens with zero attached hydrogens (tertiary/aromatic N) is 1. The van der Waals surface area contributed by atoms with Crippen LogP contribution in [0.3, 0.4) is 0 Å². The monoisotopic (exact) mass is 257 g/mol. The number of esters is 1. The van der Waals surface area contributed by atoms with Crippen LogP contribution in [-0.2, 0) is 14.3 Å². The Bertz CT molecular complexity index is 283. The lowest BCUT2D eigenvalue weighted by Crippen LogP contribution is -2.41. The van der Waals surface area contributed by atoms with Crippen LogP contribution in [0.5, 0.6) is 0 Å². The fraction of sp³-hybridized carbons (Fsp3) is 0.846. The van der Waals surface area contributed by atoms with Crippen LogP contribution in [-0.4, -0.2) is 43.3 Å². The lowest BCUT2D eigenvalue weighted by atomic mass is 9.97. The van der Waals surface area contributed by atoms with E-state index >= 15 is 0 Å². The zero-order valence-electron chi connectivity index (χ0n) is 11.5. The maximum Gasteiger partial charge on any atom is 0.409 e. The van der Waals surface area contributed by atoms with E-state index in [0.717, 1.165) is 0 Å². The van der Waals surface area contributed by atoms with Gasteiger partial charge in [-0.25, -0.2) is 4.79 Å². The topological polar surface area (TPSA) is 55.8 Å². The third-order valence-electron chi connectivity index (χ3n) is 2.91. The van der Waals surface area contributed by atoms with Gasteiger partial charge in [0.25, 0.3) is 0 Å². The van der Waals surface area contributed by atoms with Crippen molar-refractivity contribution < 1.29 is 19.1 Å². The van der Waals surface area contributed by atoms with Gasteiger partial charge in [0.15, 0.2) is 0 Å². The molecule has 1 heterocycles. The maximum absolute atomic E-state index is 11.7. The first-order valence-corrected chi connectivity index (χ1v) is 6.63. The van der Waals surface area contributed by atoms with Gasteiger partial charge in [-0.05, 0) is 25.7 Å². The second-order valence-electron chi connectivity index (χ2n) is 4.98. The van der Waals surface area contributed by atoms with E-state index in [4.69, 9.17) is 9.47 Å². The largest absolute Gasteiger partial charge is 0.466 e. The summed E-state index contributed by atoms with van der Waals surface area (Å²) in [6.07, 6.45) is 1.05. The van der Waals surface area contributed by atoms with Crippen molar-refractivity contribution in [1.82, 2.24) is 4.90 Å². The van der Waals surface area contributed by atoms with Gasteiger partial charge in [-0.2, -0.15) is 0 Å². The molecular weight excluding hydrogens is 234 g/mol. The third-order valence-corrected chi connectivity index (χ3v) is 2.91. The van der Waals surface area contributed by atoms with Gasteiger partial charge in [-0.15, -0.1) is 0 Å². The fourth-order valence-corrected chi connectivity index (χ4v) is 1.89. The van der Waals surface area contributed by atoms with Crippen molar-refractivity contribution in [1.29, 1.82) is 0 Å². The van der Waals surface area contributed by atoms with Crippen molar-refractivity contribution >= 4 is 12.1 Å². The molecule has 1 rings (SSSR count). The minimum absolute atomic E-state index is 0.0703. The molecule has 18 heavy (non-hydrogen) atoms. The third kappa shape index (κ3) is 4.55. The Morgan fingerprint density at radius 1 is 1.22 bits per heavy atom. The van der Waals surface area contributed by atoms with Gasteiger partial charge in [-0.1, -0.05) is 13.8 Å². The first-order chi connectivity index (χ1) is 8.54. The summed E-state index contributed by atoms with van der Waals surface area (Å²) in [7, 11) is 0. The minimum atomic E-state index is -0.272. The highest BCUT2D eigenvalue weighted by molar-refractivity contribution is 5.73. The first-order valence-electron chi connectivity index (χ1n) is 6.63. The van der Waals surface area contributed by atoms with E-state index in [2.05, 4.69) is 0 Å². The van der Waals surface area contributed by atoms with Crippen LogP contribution in [0.4, 0.5) is 4.79 Å². The van der Waals surface area contributed by atoms with Gasteiger partial charge in [-0.3, -0.25) is 4.79 Å². The number of carbonyl (C=O) groups excluding carboxylic acids is 2. The smallest absolute Gasteiger partial charge is 0.409 e. The lowest BCUT2D eigenvalue weighted by molar-refractivity contribution is -0.149. The van der Waals surface area contributed by atoms with Crippen LogP contribution in [0, 0.1) is 11.8 Å². The van der Waals surface area contributed by atoms with E-state index in [1.165, 1.54) is 0 Å². The molecule has 1 amide bonds. The molecule has 0 aliphatic carbocycles. The number of amides is 1. The van der Waals surface area contributed by atoms with E-state index in [9.17, 15) is 9.59 Å². The van der Waals surface area contributed by atoms with Crippen LogP contribution in [0.1, 0.15) is 33.6 Å². The molecule has 0 N–H and O–H groups in total. The molecule has 0 unspecified atom stereocenters. The highest BCUT2D eigenvalue weighted by atomic mass is 16.6. The van der Waals surface area contributed by atoms with Crippen molar-refractivity contribution in [3.8, 4) is 0 Å². The summed E-state index contributed by atoms with van der Waals surface area (Å²) in [5.41, 5.74) is 0. The Kier molecular flexibility index (Phi) is 5.95. The molecule has 0 aromatic rings. The SMILES string of the molecule is CCOC(=O)C1CCN(C(=O)OCC(C)C)CC1. The molecule has 1 aliphatic rings. The summed E-state index contributed by atoms with van der Waals surface area (Å²) in [6, 6.07) is 0. The predicted octanol–water partition coefficient (Wildman–Crippen LogP) is 2.05. The summed E-state index contributed by atoms with van der Waals surface area (Å²) < 4.78 is 10.1. The van der Waals surface area contributed by atoms with E-state index in [1.54, 1.807) is 11.8 Å². The van der Waals surface area contributed by atoms with E-state index in [0.29, 0.717) is 45.1 Å². The summed E-state index contributed by atoms with van der Waals surface area (Å²) in [5, 5.41) is 0. The van der Waals surface area contributed by atoms with E-state index in [1.807, 2.05) is 13.8 Å².